The van der Waals surface area contributed by atoms with Gasteiger partial charge in [0, 0.05) is 5.41 Å². The second-order valence-corrected chi connectivity index (χ2v) is 12.0. The van der Waals surface area contributed by atoms with E-state index in [4.69, 9.17) is 9.31 Å². The van der Waals surface area contributed by atoms with Crippen molar-refractivity contribution in [3.63, 3.8) is 0 Å². The van der Waals surface area contributed by atoms with E-state index in [1.54, 1.807) is 11.1 Å². The van der Waals surface area contributed by atoms with Crippen LogP contribution in [0.15, 0.2) is 42.5 Å². The number of hydrogen-bond donors (Lipinski definition) is 0. The highest BCUT2D eigenvalue weighted by Crippen LogP contribution is 2.62. The van der Waals surface area contributed by atoms with Crippen LogP contribution in [0, 0.1) is 17.8 Å². The molecule has 32 heavy (non-hydrogen) atoms. The van der Waals surface area contributed by atoms with Crippen LogP contribution in [0.5, 0.6) is 0 Å². The Morgan fingerprint density at radius 1 is 0.875 bits per heavy atom. The first-order valence-corrected chi connectivity index (χ1v) is 12.8. The van der Waals surface area contributed by atoms with Crippen molar-refractivity contribution in [2.45, 2.75) is 89.8 Å². The Balaban J connectivity index is 1.48. The Bertz CT molecular complexity index is 1040. The molecule has 3 aliphatic carbocycles. The molecule has 0 N–H and O–H groups in total. The molecule has 2 aromatic rings. The van der Waals surface area contributed by atoms with Gasteiger partial charge in [0.05, 0.1) is 11.2 Å². The molecule has 4 aliphatic rings. The molecule has 3 fully saturated rings. The highest BCUT2D eigenvalue weighted by atomic mass is 16.7. The average Bonchev–Trinajstić information content (AvgIpc) is 3.18. The largest absolute Gasteiger partial charge is 0.494 e. The van der Waals surface area contributed by atoms with Gasteiger partial charge < -0.3 is 9.31 Å². The summed E-state index contributed by atoms with van der Waals surface area (Å²) in [5.41, 5.74) is 6.75. The minimum absolute atomic E-state index is 0.163. The van der Waals surface area contributed by atoms with Crippen molar-refractivity contribution in [3.8, 4) is 11.1 Å². The third kappa shape index (κ3) is 2.80. The van der Waals surface area contributed by atoms with Gasteiger partial charge in [-0.2, -0.15) is 0 Å². The molecule has 2 bridgehead atoms. The van der Waals surface area contributed by atoms with E-state index in [0.29, 0.717) is 0 Å². The molecule has 4 atom stereocenters. The summed E-state index contributed by atoms with van der Waals surface area (Å²) in [6, 6.07) is 16.3. The maximum Gasteiger partial charge on any atom is 0.494 e. The molecule has 2 nitrogen and oxygen atoms in total. The predicted octanol–water partition coefficient (Wildman–Crippen LogP) is 6.49. The molecule has 2 aromatic carbocycles. The van der Waals surface area contributed by atoms with E-state index in [0.717, 1.165) is 17.8 Å². The zero-order valence-corrected chi connectivity index (χ0v) is 20.4. The van der Waals surface area contributed by atoms with Gasteiger partial charge in [-0.15, -0.1) is 0 Å². The summed E-state index contributed by atoms with van der Waals surface area (Å²) in [6.07, 6.45) is 8.20. The van der Waals surface area contributed by atoms with Gasteiger partial charge in [0.15, 0.2) is 0 Å². The van der Waals surface area contributed by atoms with E-state index in [2.05, 4.69) is 77.1 Å². The van der Waals surface area contributed by atoms with Gasteiger partial charge in [0.1, 0.15) is 0 Å². The van der Waals surface area contributed by atoms with E-state index < -0.39 is 0 Å². The Morgan fingerprint density at radius 2 is 1.59 bits per heavy atom. The van der Waals surface area contributed by atoms with Crippen LogP contribution in [0.1, 0.15) is 84.3 Å². The summed E-state index contributed by atoms with van der Waals surface area (Å²) >= 11 is 0. The molecule has 0 amide bonds. The molecule has 1 aliphatic heterocycles. The lowest BCUT2D eigenvalue weighted by Crippen LogP contribution is -2.45. The summed E-state index contributed by atoms with van der Waals surface area (Å²) < 4.78 is 12.9. The van der Waals surface area contributed by atoms with Gasteiger partial charge in [-0.25, -0.2) is 0 Å². The zero-order chi connectivity index (χ0) is 22.3. The van der Waals surface area contributed by atoms with Gasteiger partial charge in [-0.1, -0.05) is 55.8 Å². The Morgan fingerprint density at radius 3 is 2.34 bits per heavy atom. The van der Waals surface area contributed by atoms with E-state index in [1.165, 1.54) is 55.1 Å². The zero-order valence-electron chi connectivity index (χ0n) is 20.4. The van der Waals surface area contributed by atoms with Crippen molar-refractivity contribution >= 4 is 12.6 Å². The van der Waals surface area contributed by atoms with Crippen LogP contribution in [0.25, 0.3) is 11.1 Å². The fraction of sp³-hybridized carbons (Fsp3) is 0.586. The summed E-state index contributed by atoms with van der Waals surface area (Å²) in [5, 5.41) is 0. The molecule has 1 spiro atoms. The maximum atomic E-state index is 6.46. The normalized spacial score (nSPS) is 33.9. The van der Waals surface area contributed by atoms with Crippen LogP contribution in [0.4, 0.5) is 0 Å². The number of fused-ring (bicyclic) bond motifs is 8. The Kier molecular flexibility index (Phi) is 4.57. The Hall–Kier alpha value is -1.58. The van der Waals surface area contributed by atoms with Crippen LogP contribution in [-0.2, 0) is 14.7 Å². The monoisotopic (exact) mass is 428 g/mol. The summed E-state index contributed by atoms with van der Waals surface area (Å²) in [6.45, 7) is 11.0. The van der Waals surface area contributed by atoms with Gasteiger partial charge in [0.2, 0.25) is 0 Å². The number of benzene rings is 2. The van der Waals surface area contributed by atoms with Crippen LogP contribution in [0.2, 0.25) is 0 Å². The second-order valence-electron chi connectivity index (χ2n) is 12.0. The first-order chi connectivity index (χ1) is 15.2. The van der Waals surface area contributed by atoms with E-state index in [-0.39, 0.29) is 23.7 Å². The fourth-order valence-electron chi connectivity index (χ4n) is 7.42. The highest BCUT2D eigenvalue weighted by Gasteiger charge is 2.55. The first-order valence-electron chi connectivity index (χ1n) is 12.8. The van der Waals surface area contributed by atoms with Crippen molar-refractivity contribution in [3.05, 3.63) is 53.6 Å². The van der Waals surface area contributed by atoms with Gasteiger partial charge in [-0.05, 0) is 105 Å². The molecule has 0 radical (unpaired) electrons. The summed E-state index contributed by atoms with van der Waals surface area (Å²) in [7, 11) is -0.294. The smallest absolute Gasteiger partial charge is 0.399 e. The van der Waals surface area contributed by atoms with E-state index in [9.17, 15) is 0 Å². The fourth-order valence-corrected chi connectivity index (χ4v) is 7.42. The van der Waals surface area contributed by atoms with Crippen molar-refractivity contribution in [1.29, 1.82) is 0 Å². The summed E-state index contributed by atoms with van der Waals surface area (Å²) in [5.74, 6) is 2.56. The molecule has 4 unspecified atom stereocenters. The summed E-state index contributed by atoms with van der Waals surface area (Å²) in [4.78, 5) is 0. The lowest BCUT2D eigenvalue weighted by atomic mass is 9.53. The molecular formula is C29H37BO2. The first kappa shape index (κ1) is 21.0. The van der Waals surface area contributed by atoms with Crippen LogP contribution >= 0.6 is 0 Å². The molecule has 2 saturated carbocycles. The lowest BCUT2D eigenvalue weighted by molar-refractivity contribution is 0.00578. The molecule has 168 valence electrons. The maximum absolute atomic E-state index is 6.46. The molecular weight excluding hydrogens is 391 g/mol. The van der Waals surface area contributed by atoms with Crippen molar-refractivity contribution in [1.82, 2.24) is 0 Å². The van der Waals surface area contributed by atoms with Crippen LogP contribution in [0.3, 0.4) is 0 Å². The van der Waals surface area contributed by atoms with Crippen molar-refractivity contribution in [2.24, 2.45) is 17.8 Å². The van der Waals surface area contributed by atoms with Crippen molar-refractivity contribution < 1.29 is 9.31 Å². The molecule has 1 heterocycles. The minimum atomic E-state index is -0.312. The molecule has 1 saturated heterocycles. The number of rotatable bonds is 2. The molecule has 0 aromatic heterocycles. The minimum Gasteiger partial charge on any atom is -0.399 e. The standard InChI is InChI=1S/C29H37BO2/c1-6-19-15-20-13-14-29(21(16-19)17-20)25-10-8-7-9-23(25)24-12-11-22(18-26(24)29)30-31-27(2,3)28(4,5)32-30/h7-12,18-21H,6,13-17H2,1-5H3. The van der Waals surface area contributed by atoms with Gasteiger partial charge in [0.25, 0.3) is 0 Å². The number of hydrogen-bond acceptors (Lipinski definition) is 2. The second kappa shape index (κ2) is 6.96. The third-order valence-corrected chi connectivity index (χ3v) is 9.87. The topological polar surface area (TPSA) is 18.5 Å². The quantitative estimate of drug-likeness (QED) is 0.509. The van der Waals surface area contributed by atoms with Crippen molar-refractivity contribution in [2.75, 3.05) is 0 Å². The SMILES string of the molecule is CCC1CC2CCC3(c4ccccc4-c4ccc(B5OC(C)(C)C(C)(C)O5)cc43)C(C1)C2. The highest BCUT2D eigenvalue weighted by molar-refractivity contribution is 6.62. The third-order valence-electron chi connectivity index (χ3n) is 9.87. The van der Waals surface area contributed by atoms with Gasteiger partial charge >= 0.3 is 7.12 Å². The van der Waals surface area contributed by atoms with E-state index >= 15 is 0 Å². The van der Waals surface area contributed by atoms with Crippen LogP contribution < -0.4 is 5.46 Å². The molecule has 3 heteroatoms. The average molecular weight is 428 g/mol. The lowest BCUT2D eigenvalue weighted by Gasteiger charge is -2.51. The Labute approximate surface area is 194 Å². The molecule has 6 rings (SSSR count). The predicted molar refractivity (Wildman–Crippen MR) is 132 cm³/mol. The van der Waals surface area contributed by atoms with E-state index in [1.807, 2.05) is 0 Å². The van der Waals surface area contributed by atoms with Crippen LogP contribution in [-0.4, -0.2) is 18.3 Å². The van der Waals surface area contributed by atoms with Gasteiger partial charge in [-0.3, -0.25) is 0 Å².